The summed E-state index contributed by atoms with van der Waals surface area (Å²) in [6.07, 6.45) is 9.10. The molecule has 0 N–H and O–H groups in total. The van der Waals surface area contributed by atoms with E-state index in [2.05, 4.69) is 18.7 Å². The highest BCUT2D eigenvalue weighted by Gasteiger charge is 2.38. The van der Waals surface area contributed by atoms with Crippen LogP contribution in [0.2, 0.25) is 0 Å². The Bertz CT molecular complexity index is 253. The first kappa shape index (κ1) is 12.1. The molecular weight excluding hydrogens is 198 g/mol. The van der Waals surface area contributed by atoms with Gasteiger partial charge in [-0.3, -0.25) is 4.90 Å². The number of rotatable bonds is 4. The fourth-order valence-electron chi connectivity index (χ4n) is 3.40. The van der Waals surface area contributed by atoms with Gasteiger partial charge in [0.25, 0.3) is 0 Å². The molecule has 1 heterocycles. The molecule has 2 rings (SSSR count). The highest BCUT2D eigenvalue weighted by atomic mass is 16.1. The van der Waals surface area contributed by atoms with E-state index >= 15 is 0 Å². The Morgan fingerprint density at radius 3 is 2.75 bits per heavy atom. The topological polar surface area (TPSA) is 20.3 Å². The zero-order chi connectivity index (χ0) is 11.6. The molecule has 2 fully saturated rings. The van der Waals surface area contributed by atoms with Gasteiger partial charge >= 0.3 is 0 Å². The summed E-state index contributed by atoms with van der Waals surface area (Å²) in [5.41, 5.74) is -0.119. The molecule has 0 spiro atoms. The fraction of sp³-hybridized carbons (Fsp3) is 0.929. The average Bonchev–Trinajstić information content (AvgIpc) is 2.73. The summed E-state index contributed by atoms with van der Waals surface area (Å²) in [6.45, 7) is 6.44. The van der Waals surface area contributed by atoms with E-state index in [0.717, 1.165) is 24.9 Å². The maximum atomic E-state index is 11.2. The van der Waals surface area contributed by atoms with Gasteiger partial charge in [-0.2, -0.15) is 0 Å². The van der Waals surface area contributed by atoms with Crippen molar-refractivity contribution in [3.63, 3.8) is 0 Å². The number of nitrogens with zero attached hydrogens (tertiary/aromatic N) is 1. The fourth-order valence-corrected chi connectivity index (χ4v) is 3.40. The maximum Gasteiger partial charge on any atom is 0.127 e. The predicted molar refractivity (Wildman–Crippen MR) is 66.4 cm³/mol. The lowest BCUT2D eigenvalue weighted by Gasteiger charge is -2.35. The van der Waals surface area contributed by atoms with Crippen molar-refractivity contribution in [1.29, 1.82) is 0 Å². The van der Waals surface area contributed by atoms with E-state index in [4.69, 9.17) is 0 Å². The lowest BCUT2D eigenvalue weighted by atomic mass is 9.84. The molecular formula is C14H25NO. The second-order valence-corrected chi connectivity index (χ2v) is 6.00. The van der Waals surface area contributed by atoms with Gasteiger partial charge in [0.15, 0.2) is 0 Å². The molecule has 0 aromatic carbocycles. The standard InChI is InChI=1S/C14H25NO/c1-3-14(2,11-16)10-15-9-8-12-6-4-5-7-13(12)15/h11-13H,3-10H2,1-2H3. The van der Waals surface area contributed by atoms with Gasteiger partial charge in [0.1, 0.15) is 6.29 Å². The van der Waals surface area contributed by atoms with Crippen molar-refractivity contribution in [2.24, 2.45) is 11.3 Å². The smallest absolute Gasteiger partial charge is 0.127 e. The molecule has 16 heavy (non-hydrogen) atoms. The predicted octanol–water partition coefficient (Wildman–Crippen LogP) is 2.87. The SMILES string of the molecule is CCC(C)(C=O)CN1CCC2CCCCC21. The van der Waals surface area contributed by atoms with Gasteiger partial charge in [-0.15, -0.1) is 0 Å². The Kier molecular flexibility index (Phi) is 3.68. The van der Waals surface area contributed by atoms with Crippen molar-refractivity contribution in [1.82, 2.24) is 4.90 Å². The number of hydrogen-bond donors (Lipinski definition) is 0. The molecule has 1 aliphatic carbocycles. The largest absolute Gasteiger partial charge is 0.303 e. The van der Waals surface area contributed by atoms with Crippen LogP contribution in [0.25, 0.3) is 0 Å². The molecule has 2 heteroatoms. The Hall–Kier alpha value is -0.370. The van der Waals surface area contributed by atoms with Crippen LogP contribution < -0.4 is 0 Å². The first-order valence-electron chi connectivity index (χ1n) is 6.89. The number of carbonyl (C=O) groups is 1. The van der Waals surface area contributed by atoms with Gasteiger partial charge in [-0.25, -0.2) is 0 Å². The van der Waals surface area contributed by atoms with Crippen molar-refractivity contribution in [3.05, 3.63) is 0 Å². The van der Waals surface area contributed by atoms with Gasteiger partial charge in [-0.1, -0.05) is 26.7 Å². The van der Waals surface area contributed by atoms with Crippen LogP contribution in [0.5, 0.6) is 0 Å². The van der Waals surface area contributed by atoms with Gasteiger partial charge < -0.3 is 4.79 Å². The Morgan fingerprint density at radius 1 is 1.31 bits per heavy atom. The van der Waals surface area contributed by atoms with E-state index in [1.807, 2.05) is 0 Å². The summed E-state index contributed by atoms with van der Waals surface area (Å²) in [4.78, 5) is 13.8. The molecule has 0 bridgehead atoms. The summed E-state index contributed by atoms with van der Waals surface area (Å²) in [7, 11) is 0. The molecule has 1 saturated carbocycles. The molecule has 1 saturated heterocycles. The average molecular weight is 223 g/mol. The lowest BCUT2D eigenvalue weighted by Crippen LogP contribution is -2.42. The molecule has 3 unspecified atom stereocenters. The summed E-state index contributed by atoms with van der Waals surface area (Å²) >= 11 is 0. The van der Waals surface area contributed by atoms with Crippen molar-refractivity contribution >= 4 is 6.29 Å². The third-order valence-electron chi connectivity index (χ3n) is 4.78. The Morgan fingerprint density at radius 2 is 2.06 bits per heavy atom. The van der Waals surface area contributed by atoms with E-state index in [1.165, 1.54) is 44.9 Å². The van der Waals surface area contributed by atoms with Crippen LogP contribution in [0.3, 0.4) is 0 Å². The van der Waals surface area contributed by atoms with Gasteiger partial charge in [0, 0.05) is 18.0 Å². The number of likely N-dealkylation sites (tertiary alicyclic amines) is 1. The van der Waals surface area contributed by atoms with Crippen molar-refractivity contribution in [3.8, 4) is 0 Å². The molecule has 0 radical (unpaired) electrons. The molecule has 2 nitrogen and oxygen atoms in total. The zero-order valence-corrected chi connectivity index (χ0v) is 10.7. The Balaban J connectivity index is 1.97. The molecule has 2 aliphatic rings. The second-order valence-electron chi connectivity index (χ2n) is 6.00. The van der Waals surface area contributed by atoms with Gasteiger partial charge in [0.2, 0.25) is 0 Å². The number of hydrogen-bond acceptors (Lipinski definition) is 2. The van der Waals surface area contributed by atoms with Gasteiger partial charge in [-0.05, 0) is 38.1 Å². The third-order valence-corrected chi connectivity index (χ3v) is 4.78. The highest BCUT2D eigenvalue weighted by molar-refractivity contribution is 5.58. The summed E-state index contributed by atoms with van der Waals surface area (Å²) < 4.78 is 0. The first-order chi connectivity index (χ1) is 7.68. The zero-order valence-electron chi connectivity index (χ0n) is 10.7. The minimum absolute atomic E-state index is 0.119. The molecule has 0 aromatic rings. The maximum absolute atomic E-state index is 11.2. The van der Waals surface area contributed by atoms with Crippen LogP contribution in [0.4, 0.5) is 0 Å². The van der Waals surface area contributed by atoms with Crippen LogP contribution in [0.15, 0.2) is 0 Å². The van der Waals surface area contributed by atoms with Crippen molar-refractivity contribution in [2.75, 3.05) is 13.1 Å². The normalized spacial score (nSPS) is 34.4. The van der Waals surface area contributed by atoms with E-state index in [-0.39, 0.29) is 5.41 Å². The van der Waals surface area contributed by atoms with Crippen LogP contribution in [-0.2, 0) is 4.79 Å². The third kappa shape index (κ3) is 2.32. The van der Waals surface area contributed by atoms with Crippen LogP contribution >= 0.6 is 0 Å². The number of aldehydes is 1. The van der Waals surface area contributed by atoms with Crippen LogP contribution in [-0.4, -0.2) is 30.3 Å². The quantitative estimate of drug-likeness (QED) is 0.683. The molecule has 3 atom stereocenters. The Labute approximate surface area is 99.4 Å². The summed E-state index contributed by atoms with van der Waals surface area (Å²) in [6, 6.07) is 0.791. The highest BCUT2D eigenvalue weighted by Crippen LogP contribution is 2.37. The van der Waals surface area contributed by atoms with E-state index in [1.54, 1.807) is 0 Å². The van der Waals surface area contributed by atoms with Crippen LogP contribution in [0, 0.1) is 11.3 Å². The molecule has 92 valence electrons. The van der Waals surface area contributed by atoms with E-state index < -0.39 is 0 Å². The lowest BCUT2D eigenvalue weighted by molar-refractivity contribution is -0.116. The first-order valence-corrected chi connectivity index (χ1v) is 6.89. The van der Waals surface area contributed by atoms with Crippen molar-refractivity contribution < 1.29 is 4.79 Å². The van der Waals surface area contributed by atoms with E-state index in [9.17, 15) is 4.79 Å². The van der Waals surface area contributed by atoms with Gasteiger partial charge in [0.05, 0.1) is 0 Å². The number of fused-ring (bicyclic) bond motifs is 1. The molecule has 0 aromatic heterocycles. The van der Waals surface area contributed by atoms with Crippen molar-refractivity contribution in [2.45, 2.75) is 58.4 Å². The number of carbonyl (C=O) groups excluding carboxylic acids is 1. The monoisotopic (exact) mass is 223 g/mol. The molecule has 0 amide bonds. The van der Waals surface area contributed by atoms with Crippen LogP contribution in [0.1, 0.15) is 52.4 Å². The second kappa shape index (κ2) is 4.87. The minimum Gasteiger partial charge on any atom is -0.303 e. The minimum atomic E-state index is -0.119. The van der Waals surface area contributed by atoms with E-state index in [0.29, 0.717) is 0 Å². The summed E-state index contributed by atoms with van der Waals surface area (Å²) in [5.74, 6) is 0.932. The summed E-state index contributed by atoms with van der Waals surface area (Å²) in [5, 5.41) is 0. The molecule has 1 aliphatic heterocycles.